The second-order valence-electron chi connectivity index (χ2n) is 5.34. The van der Waals surface area contributed by atoms with Crippen LogP contribution in [0.25, 0.3) is 10.9 Å². The summed E-state index contributed by atoms with van der Waals surface area (Å²) in [6.45, 7) is 6.19. The molecule has 0 spiro atoms. The number of aliphatic hydroxyl groups excluding tert-OH is 1. The molecule has 20 heavy (non-hydrogen) atoms. The quantitative estimate of drug-likeness (QED) is 0.875. The van der Waals surface area contributed by atoms with Crippen LogP contribution in [0.1, 0.15) is 17.7 Å². The van der Waals surface area contributed by atoms with Crippen molar-refractivity contribution >= 4 is 16.6 Å². The fraction of sp³-hybridized carbons (Fsp3) is 0.438. The topological polar surface area (TPSA) is 48.4 Å². The van der Waals surface area contributed by atoms with Crippen LogP contribution < -0.4 is 10.2 Å². The third-order valence-corrected chi connectivity index (χ3v) is 3.88. The van der Waals surface area contributed by atoms with Gasteiger partial charge in [0.1, 0.15) is 0 Å². The van der Waals surface area contributed by atoms with Gasteiger partial charge < -0.3 is 15.3 Å². The Morgan fingerprint density at radius 2 is 2.20 bits per heavy atom. The first-order valence-corrected chi connectivity index (χ1v) is 7.25. The molecule has 0 amide bonds. The summed E-state index contributed by atoms with van der Waals surface area (Å²) in [5, 5.41) is 14.0. The average Bonchev–Trinajstić information content (AvgIpc) is 2.74. The minimum atomic E-state index is 0.0604. The first-order valence-electron chi connectivity index (χ1n) is 7.25. The van der Waals surface area contributed by atoms with E-state index in [0.29, 0.717) is 0 Å². The van der Waals surface area contributed by atoms with Gasteiger partial charge in [0.2, 0.25) is 0 Å². The lowest BCUT2D eigenvalue weighted by atomic mass is 10.1. The maximum absolute atomic E-state index is 9.55. The number of benzene rings is 1. The van der Waals surface area contributed by atoms with Gasteiger partial charge in [0.25, 0.3) is 0 Å². The number of anilines is 1. The molecule has 2 aromatic rings. The third kappa shape index (κ3) is 2.49. The molecule has 1 aromatic heterocycles. The zero-order chi connectivity index (χ0) is 13.9. The molecule has 0 aliphatic carbocycles. The minimum Gasteiger partial charge on any atom is -0.392 e. The van der Waals surface area contributed by atoms with Crippen LogP contribution >= 0.6 is 0 Å². The van der Waals surface area contributed by atoms with E-state index in [4.69, 9.17) is 4.98 Å². The zero-order valence-corrected chi connectivity index (χ0v) is 11.9. The van der Waals surface area contributed by atoms with Gasteiger partial charge in [-0.1, -0.05) is 12.1 Å². The molecule has 1 aliphatic rings. The fourth-order valence-electron chi connectivity index (χ4n) is 2.92. The summed E-state index contributed by atoms with van der Waals surface area (Å²) in [5.74, 6) is 0. The number of fused-ring (bicyclic) bond motifs is 1. The molecule has 4 nitrogen and oxygen atoms in total. The second kappa shape index (κ2) is 5.77. The van der Waals surface area contributed by atoms with E-state index in [0.717, 1.165) is 54.8 Å². The summed E-state index contributed by atoms with van der Waals surface area (Å²) >= 11 is 0. The molecule has 3 rings (SSSR count). The Bertz CT molecular complexity index is 604. The van der Waals surface area contributed by atoms with Gasteiger partial charge in [-0.15, -0.1) is 0 Å². The Balaban J connectivity index is 2.12. The summed E-state index contributed by atoms with van der Waals surface area (Å²) in [7, 11) is 0. The van der Waals surface area contributed by atoms with Gasteiger partial charge in [0.15, 0.2) is 0 Å². The van der Waals surface area contributed by atoms with Crippen LogP contribution in [0.3, 0.4) is 0 Å². The van der Waals surface area contributed by atoms with Crippen LogP contribution in [0, 0.1) is 6.92 Å². The number of rotatable bonds is 2. The van der Waals surface area contributed by atoms with Gasteiger partial charge >= 0.3 is 0 Å². The van der Waals surface area contributed by atoms with Crippen molar-refractivity contribution in [2.24, 2.45) is 0 Å². The van der Waals surface area contributed by atoms with E-state index in [1.807, 2.05) is 19.1 Å². The molecule has 2 N–H and O–H groups in total. The summed E-state index contributed by atoms with van der Waals surface area (Å²) < 4.78 is 0. The Labute approximate surface area is 119 Å². The molecule has 0 atom stereocenters. The molecule has 1 aliphatic heterocycles. The van der Waals surface area contributed by atoms with Crippen molar-refractivity contribution in [1.29, 1.82) is 0 Å². The molecule has 2 heterocycles. The molecule has 1 fully saturated rings. The Hall–Kier alpha value is -1.65. The number of nitrogens with zero attached hydrogens (tertiary/aromatic N) is 2. The van der Waals surface area contributed by atoms with E-state index in [1.54, 1.807) is 0 Å². The van der Waals surface area contributed by atoms with E-state index < -0.39 is 0 Å². The van der Waals surface area contributed by atoms with E-state index in [9.17, 15) is 5.11 Å². The highest BCUT2D eigenvalue weighted by molar-refractivity contribution is 5.93. The lowest BCUT2D eigenvalue weighted by molar-refractivity contribution is 0.283. The maximum atomic E-state index is 9.55. The largest absolute Gasteiger partial charge is 0.392 e. The summed E-state index contributed by atoms with van der Waals surface area (Å²) in [4.78, 5) is 7.12. The molecule has 4 heteroatoms. The van der Waals surface area contributed by atoms with Crippen molar-refractivity contribution in [3.63, 3.8) is 0 Å². The maximum Gasteiger partial charge on any atom is 0.0942 e. The monoisotopic (exact) mass is 271 g/mol. The lowest BCUT2D eigenvalue weighted by Gasteiger charge is -2.24. The molecule has 1 saturated heterocycles. The number of hydrogen-bond donors (Lipinski definition) is 2. The standard InChI is InChI=1S/C16H21N3O/c1-12-10-13(11-20)14-4-2-5-15(16(14)18-12)19-8-3-6-17-7-9-19/h2,4-5,10,17,20H,3,6-9,11H2,1H3. The Morgan fingerprint density at radius 1 is 1.30 bits per heavy atom. The van der Waals surface area contributed by atoms with Crippen molar-refractivity contribution in [2.75, 3.05) is 31.1 Å². The molecule has 0 bridgehead atoms. The molecule has 106 valence electrons. The van der Waals surface area contributed by atoms with Crippen molar-refractivity contribution in [1.82, 2.24) is 10.3 Å². The first kappa shape index (κ1) is 13.3. The SMILES string of the molecule is Cc1cc(CO)c2cccc(N3CCCNCC3)c2n1. The van der Waals surface area contributed by atoms with Gasteiger partial charge in [0.05, 0.1) is 17.8 Å². The predicted molar refractivity (Wildman–Crippen MR) is 82.1 cm³/mol. The van der Waals surface area contributed by atoms with Crippen molar-refractivity contribution in [2.45, 2.75) is 20.0 Å². The number of pyridine rings is 1. The van der Waals surface area contributed by atoms with Crippen LogP contribution in [0.15, 0.2) is 24.3 Å². The normalized spacial score (nSPS) is 16.4. The van der Waals surface area contributed by atoms with Crippen molar-refractivity contribution in [3.05, 3.63) is 35.5 Å². The van der Waals surface area contributed by atoms with Crippen LogP contribution in [-0.2, 0) is 6.61 Å². The minimum absolute atomic E-state index is 0.0604. The second-order valence-corrected chi connectivity index (χ2v) is 5.34. The highest BCUT2D eigenvalue weighted by Crippen LogP contribution is 2.28. The number of para-hydroxylation sites is 1. The smallest absolute Gasteiger partial charge is 0.0942 e. The first-order chi connectivity index (χ1) is 9.79. The number of hydrogen-bond acceptors (Lipinski definition) is 4. The van der Waals surface area contributed by atoms with Crippen LogP contribution in [-0.4, -0.2) is 36.3 Å². The lowest BCUT2D eigenvalue weighted by Crippen LogP contribution is -2.28. The van der Waals surface area contributed by atoms with Crippen molar-refractivity contribution in [3.8, 4) is 0 Å². The molecular formula is C16H21N3O. The predicted octanol–water partition coefficient (Wildman–Crippen LogP) is 1.84. The van der Waals surface area contributed by atoms with E-state index >= 15 is 0 Å². The van der Waals surface area contributed by atoms with Gasteiger partial charge in [-0.3, -0.25) is 4.98 Å². The summed E-state index contributed by atoms with van der Waals surface area (Å²) in [6, 6.07) is 8.22. The molecule has 0 saturated carbocycles. The van der Waals surface area contributed by atoms with Gasteiger partial charge in [0, 0.05) is 30.7 Å². The van der Waals surface area contributed by atoms with E-state index in [2.05, 4.69) is 22.3 Å². The van der Waals surface area contributed by atoms with Crippen molar-refractivity contribution < 1.29 is 5.11 Å². The highest BCUT2D eigenvalue weighted by Gasteiger charge is 2.14. The van der Waals surface area contributed by atoms with E-state index in [1.165, 1.54) is 5.69 Å². The number of nitrogens with one attached hydrogen (secondary N) is 1. The van der Waals surface area contributed by atoms with Crippen LogP contribution in [0.5, 0.6) is 0 Å². The van der Waals surface area contributed by atoms with Crippen LogP contribution in [0.2, 0.25) is 0 Å². The zero-order valence-electron chi connectivity index (χ0n) is 11.9. The Morgan fingerprint density at radius 3 is 3.05 bits per heavy atom. The molecule has 0 unspecified atom stereocenters. The average molecular weight is 271 g/mol. The number of aryl methyl sites for hydroxylation is 1. The van der Waals surface area contributed by atoms with Crippen LogP contribution in [0.4, 0.5) is 5.69 Å². The Kier molecular flexibility index (Phi) is 3.85. The third-order valence-electron chi connectivity index (χ3n) is 3.88. The van der Waals surface area contributed by atoms with Gasteiger partial charge in [-0.25, -0.2) is 0 Å². The molecule has 1 aromatic carbocycles. The molecular weight excluding hydrogens is 250 g/mol. The highest BCUT2D eigenvalue weighted by atomic mass is 16.3. The van der Waals surface area contributed by atoms with Gasteiger partial charge in [-0.05, 0) is 37.6 Å². The summed E-state index contributed by atoms with van der Waals surface area (Å²) in [6.07, 6.45) is 1.15. The van der Waals surface area contributed by atoms with Gasteiger partial charge in [-0.2, -0.15) is 0 Å². The number of aliphatic hydroxyl groups is 1. The fourth-order valence-corrected chi connectivity index (χ4v) is 2.92. The van der Waals surface area contributed by atoms with E-state index in [-0.39, 0.29) is 6.61 Å². The summed E-state index contributed by atoms with van der Waals surface area (Å²) in [5.41, 5.74) is 4.12. The molecule has 0 radical (unpaired) electrons. The number of aromatic nitrogens is 1.